The van der Waals surface area contributed by atoms with Crippen molar-refractivity contribution >= 4 is 35.8 Å². The number of amides is 1. The molecule has 1 heterocycles. The number of hydrogen-bond acceptors (Lipinski definition) is 4. The number of methoxy groups -OCH3 is 1. The van der Waals surface area contributed by atoms with Crippen molar-refractivity contribution in [1.29, 1.82) is 0 Å². The number of hydrogen-bond donors (Lipinski definition) is 1. The Balaban J connectivity index is 0.00000420. The third-order valence-electron chi connectivity index (χ3n) is 5.26. The summed E-state index contributed by atoms with van der Waals surface area (Å²) in [5, 5.41) is 3.27. The fraction of sp³-hybridized carbons (Fsp3) is 0.619. The fourth-order valence-electron chi connectivity index (χ4n) is 3.45. The Labute approximate surface area is 192 Å². The Morgan fingerprint density at radius 1 is 1.24 bits per heavy atom. The van der Waals surface area contributed by atoms with Gasteiger partial charge in [-0.25, -0.2) is 4.99 Å². The first-order valence-electron chi connectivity index (χ1n) is 10.1. The molecule has 0 saturated carbocycles. The van der Waals surface area contributed by atoms with Crippen molar-refractivity contribution in [3.05, 3.63) is 29.8 Å². The van der Waals surface area contributed by atoms with Crippen LogP contribution in [-0.2, 0) is 11.3 Å². The zero-order chi connectivity index (χ0) is 20.5. The summed E-state index contributed by atoms with van der Waals surface area (Å²) in [6, 6.07) is 8.47. The highest BCUT2D eigenvalue weighted by Crippen LogP contribution is 2.16. The molecular formula is C21H36IN5O2. The molecule has 1 aliphatic rings. The lowest BCUT2D eigenvalue weighted by Gasteiger charge is -2.27. The van der Waals surface area contributed by atoms with Crippen molar-refractivity contribution in [2.45, 2.75) is 32.9 Å². The normalized spacial score (nSPS) is 16.6. The number of nitrogens with zero attached hydrogens (tertiary/aromatic N) is 4. The summed E-state index contributed by atoms with van der Waals surface area (Å²) in [7, 11) is 5.20. The number of nitrogens with one attached hydrogen (secondary N) is 1. The van der Waals surface area contributed by atoms with Crippen LogP contribution < -0.4 is 10.1 Å². The van der Waals surface area contributed by atoms with E-state index in [4.69, 9.17) is 9.73 Å². The molecule has 8 heteroatoms. The van der Waals surface area contributed by atoms with E-state index in [2.05, 4.69) is 29.0 Å². The molecule has 1 saturated heterocycles. The molecule has 0 radical (unpaired) electrons. The molecule has 7 nitrogen and oxygen atoms in total. The van der Waals surface area contributed by atoms with Gasteiger partial charge in [-0.1, -0.05) is 26.0 Å². The van der Waals surface area contributed by atoms with E-state index in [1.165, 1.54) is 0 Å². The number of guanidine groups is 1. The maximum atomic E-state index is 12.0. The first kappa shape index (κ1) is 25.5. The van der Waals surface area contributed by atoms with Gasteiger partial charge >= 0.3 is 0 Å². The molecule has 0 bridgehead atoms. The quantitative estimate of drug-likeness (QED) is 0.326. The molecule has 1 atom stereocenters. The van der Waals surface area contributed by atoms with Gasteiger partial charge in [0.05, 0.1) is 20.2 Å². The van der Waals surface area contributed by atoms with Crippen LogP contribution in [-0.4, -0.2) is 86.5 Å². The smallest absolute Gasteiger partial charge is 0.241 e. The van der Waals surface area contributed by atoms with Gasteiger partial charge < -0.3 is 19.9 Å². The Morgan fingerprint density at radius 3 is 2.45 bits per heavy atom. The van der Waals surface area contributed by atoms with Gasteiger partial charge in [0.25, 0.3) is 0 Å². The number of carbonyl (C=O) groups is 1. The van der Waals surface area contributed by atoms with E-state index < -0.39 is 0 Å². The highest BCUT2D eigenvalue weighted by atomic mass is 127. The molecule has 1 aliphatic heterocycles. The minimum atomic E-state index is 0. The summed E-state index contributed by atoms with van der Waals surface area (Å²) in [5.41, 5.74) is 1.11. The molecule has 29 heavy (non-hydrogen) atoms. The third kappa shape index (κ3) is 7.65. The number of likely N-dealkylation sites (N-methyl/N-ethyl adjacent to an activating group) is 2. The molecular weight excluding hydrogens is 481 g/mol. The molecule has 1 fully saturated rings. The molecule has 164 valence electrons. The minimum Gasteiger partial charge on any atom is -0.497 e. The van der Waals surface area contributed by atoms with Crippen molar-refractivity contribution < 1.29 is 9.53 Å². The Bertz CT molecular complexity index is 647. The molecule has 0 aromatic heterocycles. The van der Waals surface area contributed by atoms with E-state index in [0.717, 1.165) is 49.9 Å². The maximum absolute atomic E-state index is 12.0. The summed E-state index contributed by atoms with van der Waals surface area (Å²) < 4.78 is 5.22. The topological polar surface area (TPSA) is 60.4 Å². The molecule has 1 aromatic carbocycles. The number of halogens is 1. The van der Waals surface area contributed by atoms with Crippen molar-refractivity contribution in [3.8, 4) is 5.75 Å². The second kappa shape index (κ2) is 12.9. The lowest BCUT2D eigenvalue weighted by Crippen LogP contribution is -2.46. The van der Waals surface area contributed by atoms with E-state index in [-0.39, 0.29) is 36.4 Å². The predicted octanol–water partition coefficient (Wildman–Crippen LogP) is 2.26. The lowest BCUT2D eigenvalue weighted by molar-refractivity contribution is -0.127. The van der Waals surface area contributed by atoms with E-state index in [0.29, 0.717) is 12.6 Å². The van der Waals surface area contributed by atoms with Gasteiger partial charge in [0.15, 0.2) is 5.96 Å². The van der Waals surface area contributed by atoms with Crippen molar-refractivity contribution in [2.75, 3.05) is 53.9 Å². The van der Waals surface area contributed by atoms with Crippen LogP contribution in [0.5, 0.6) is 5.75 Å². The van der Waals surface area contributed by atoms with Gasteiger partial charge in [-0.05, 0) is 37.2 Å². The van der Waals surface area contributed by atoms with Crippen molar-refractivity contribution in [1.82, 2.24) is 20.0 Å². The second-order valence-electron chi connectivity index (χ2n) is 7.24. The summed E-state index contributed by atoms with van der Waals surface area (Å²) in [4.78, 5) is 23.2. The maximum Gasteiger partial charge on any atom is 0.241 e. The second-order valence-corrected chi connectivity index (χ2v) is 7.24. The van der Waals surface area contributed by atoms with Gasteiger partial charge in [-0.15, -0.1) is 24.0 Å². The molecule has 0 spiro atoms. The standard InChI is InChI=1S/C21H35N5O2.HI/c1-6-25(7-2)18-12-13-26(16-18)21(23-15-20(27)24(3)4)22-14-17-8-10-19(28-5)11-9-17;/h8-11,18H,6-7,12-16H2,1-5H3,(H,22,23);1H. The monoisotopic (exact) mass is 517 g/mol. The Morgan fingerprint density at radius 2 is 1.90 bits per heavy atom. The van der Waals surface area contributed by atoms with E-state index in [1.54, 1.807) is 26.1 Å². The predicted molar refractivity (Wildman–Crippen MR) is 129 cm³/mol. The molecule has 0 aliphatic carbocycles. The first-order chi connectivity index (χ1) is 13.5. The molecule has 1 N–H and O–H groups in total. The van der Waals surface area contributed by atoms with Gasteiger partial charge in [-0.3, -0.25) is 9.69 Å². The van der Waals surface area contributed by atoms with Gasteiger partial charge in [0.2, 0.25) is 5.91 Å². The highest BCUT2D eigenvalue weighted by molar-refractivity contribution is 14.0. The zero-order valence-electron chi connectivity index (χ0n) is 18.4. The first-order valence-corrected chi connectivity index (χ1v) is 10.1. The Hall–Kier alpha value is -1.55. The summed E-state index contributed by atoms with van der Waals surface area (Å²) in [6.07, 6.45) is 1.12. The lowest BCUT2D eigenvalue weighted by atomic mass is 10.2. The van der Waals surface area contributed by atoms with Crippen LogP contribution in [0, 0.1) is 0 Å². The number of aliphatic imine (C=N–C) groups is 1. The van der Waals surface area contributed by atoms with Crippen LogP contribution in [0.25, 0.3) is 0 Å². The Kier molecular flexibility index (Phi) is 11.3. The van der Waals surface area contributed by atoms with Crippen molar-refractivity contribution in [3.63, 3.8) is 0 Å². The molecule has 2 rings (SSSR count). The van der Waals surface area contributed by atoms with Gasteiger partial charge in [-0.2, -0.15) is 0 Å². The number of carbonyl (C=O) groups excluding carboxylic acids is 1. The number of ether oxygens (including phenoxy) is 1. The van der Waals surface area contributed by atoms with Crippen LogP contribution in [0.15, 0.2) is 29.3 Å². The van der Waals surface area contributed by atoms with E-state index in [1.807, 2.05) is 24.3 Å². The number of benzene rings is 1. The van der Waals surface area contributed by atoms with E-state index in [9.17, 15) is 4.79 Å². The number of likely N-dealkylation sites (tertiary alicyclic amines) is 1. The van der Waals surface area contributed by atoms with Gasteiger partial charge in [0, 0.05) is 33.2 Å². The third-order valence-corrected chi connectivity index (χ3v) is 5.26. The average molecular weight is 517 g/mol. The minimum absolute atomic E-state index is 0. The van der Waals surface area contributed by atoms with Crippen molar-refractivity contribution in [2.24, 2.45) is 4.99 Å². The van der Waals surface area contributed by atoms with Crippen LogP contribution in [0.4, 0.5) is 0 Å². The largest absolute Gasteiger partial charge is 0.497 e. The van der Waals surface area contributed by atoms with Crippen LogP contribution in [0.2, 0.25) is 0 Å². The molecule has 1 aromatic rings. The summed E-state index contributed by atoms with van der Waals surface area (Å²) >= 11 is 0. The highest BCUT2D eigenvalue weighted by Gasteiger charge is 2.28. The van der Waals surface area contributed by atoms with Crippen LogP contribution in [0.3, 0.4) is 0 Å². The molecule has 1 amide bonds. The van der Waals surface area contributed by atoms with E-state index >= 15 is 0 Å². The van der Waals surface area contributed by atoms with Crippen LogP contribution in [0.1, 0.15) is 25.8 Å². The SMILES string of the molecule is CCN(CC)C1CCN(C(=NCc2ccc(OC)cc2)NCC(=O)N(C)C)C1.I. The summed E-state index contributed by atoms with van der Waals surface area (Å²) in [5.74, 6) is 1.68. The van der Waals surface area contributed by atoms with Gasteiger partial charge in [0.1, 0.15) is 5.75 Å². The summed E-state index contributed by atoms with van der Waals surface area (Å²) in [6.45, 7) is 9.23. The number of rotatable bonds is 8. The molecule has 1 unspecified atom stereocenters. The average Bonchev–Trinajstić information content (AvgIpc) is 3.18. The zero-order valence-corrected chi connectivity index (χ0v) is 20.7. The van der Waals surface area contributed by atoms with Crippen LogP contribution >= 0.6 is 24.0 Å². The fourth-order valence-corrected chi connectivity index (χ4v) is 3.45.